The number of nitrogens with zero attached hydrogens (tertiary/aromatic N) is 7. The van der Waals surface area contributed by atoms with E-state index < -0.39 is 4.92 Å². The van der Waals surface area contributed by atoms with Crippen molar-refractivity contribution in [2.75, 3.05) is 57.7 Å². The predicted molar refractivity (Wildman–Crippen MR) is 148 cm³/mol. The second-order valence-corrected chi connectivity index (χ2v) is 9.30. The number of benzene rings is 2. The van der Waals surface area contributed by atoms with Crippen LogP contribution >= 0.6 is 0 Å². The summed E-state index contributed by atoms with van der Waals surface area (Å²) in [7, 11) is 5.52. The summed E-state index contributed by atoms with van der Waals surface area (Å²) in [5, 5.41) is 19.9. The maximum atomic E-state index is 12.0. The maximum absolute atomic E-state index is 12.0. The normalized spacial score (nSPS) is 13.5. The van der Waals surface area contributed by atoms with Gasteiger partial charge in [-0.2, -0.15) is 10.1 Å². The number of nitrogens with one attached hydrogen (secondary N) is 1. The Morgan fingerprint density at radius 3 is 2.62 bits per heavy atom. The lowest BCUT2D eigenvalue weighted by molar-refractivity contribution is -0.384. The van der Waals surface area contributed by atoms with Crippen molar-refractivity contribution in [1.82, 2.24) is 24.6 Å². The van der Waals surface area contributed by atoms with E-state index in [9.17, 15) is 10.1 Å². The van der Waals surface area contributed by atoms with Crippen LogP contribution in [0.3, 0.4) is 0 Å². The molecule has 1 N–H and O–H groups in total. The summed E-state index contributed by atoms with van der Waals surface area (Å²) in [5.41, 5.74) is 3.81. The number of hydrogen-bond donors (Lipinski definition) is 1. The molecule has 0 spiro atoms. The largest absolute Gasteiger partial charge is 0.494 e. The lowest BCUT2D eigenvalue weighted by Crippen LogP contribution is -2.36. The predicted octanol–water partition coefficient (Wildman–Crippen LogP) is 3.89. The molecule has 1 aliphatic heterocycles. The van der Waals surface area contributed by atoms with Crippen molar-refractivity contribution in [3.05, 3.63) is 76.7 Å². The SMILES string of the molecule is COc1cc(N2CCOCC2)c([N+](=O)[O-])cc1Nc1nccc(-n2cc(-c3ccccc3)c(CN(C)C)n2)n1. The van der Waals surface area contributed by atoms with Crippen molar-refractivity contribution >= 4 is 23.0 Å². The molecule has 0 atom stereocenters. The number of methoxy groups -OCH3 is 1. The first-order chi connectivity index (χ1) is 18.9. The summed E-state index contributed by atoms with van der Waals surface area (Å²) in [5.74, 6) is 1.24. The number of aromatic nitrogens is 4. The molecular formula is C27H30N8O4. The zero-order valence-electron chi connectivity index (χ0n) is 22.1. The number of ether oxygens (including phenoxy) is 2. The average Bonchev–Trinajstić information content (AvgIpc) is 3.37. The second-order valence-electron chi connectivity index (χ2n) is 9.30. The van der Waals surface area contributed by atoms with Crippen LogP contribution in [0.5, 0.6) is 5.75 Å². The number of rotatable bonds is 9. The van der Waals surface area contributed by atoms with E-state index in [4.69, 9.17) is 14.6 Å². The molecular weight excluding hydrogens is 500 g/mol. The Labute approximate surface area is 226 Å². The molecule has 12 nitrogen and oxygen atoms in total. The van der Waals surface area contributed by atoms with Crippen molar-refractivity contribution in [1.29, 1.82) is 0 Å². The second kappa shape index (κ2) is 11.5. The number of hydrogen-bond acceptors (Lipinski definition) is 10. The van der Waals surface area contributed by atoms with Crippen molar-refractivity contribution < 1.29 is 14.4 Å². The van der Waals surface area contributed by atoms with Crippen LogP contribution in [0.4, 0.5) is 23.0 Å². The molecule has 0 saturated carbocycles. The quantitative estimate of drug-likeness (QED) is 0.252. The summed E-state index contributed by atoms with van der Waals surface area (Å²) in [6.07, 6.45) is 3.56. The molecule has 3 heterocycles. The zero-order chi connectivity index (χ0) is 27.4. The van der Waals surface area contributed by atoms with Gasteiger partial charge in [-0.3, -0.25) is 10.1 Å². The molecule has 0 unspecified atom stereocenters. The van der Waals surface area contributed by atoms with Gasteiger partial charge < -0.3 is 24.6 Å². The van der Waals surface area contributed by atoms with Crippen molar-refractivity contribution in [2.45, 2.75) is 6.54 Å². The molecule has 2 aromatic carbocycles. The highest BCUT2D eigenvalue weighted by Crippen LogP contribution is 2.39. The van der Waals surface area contributed by atoms with E-state index in [0.29, 0.717) is 55.8 Å². The minimum Gasteiger partial charge on any atom is -0.494 e. The Morgan fingerprint density at radius 1 is 1.15 bits per heavy atom. The zero-order valence-corrected chi connectivity index (χ0v) is 22.1. The Bertz CT molecular complexity index is 1450. The fourth-order valence-electron chi connectivity index (χ4n) is 4.49. The average molecular weight is 531 g/mol. The molecule has 0 amide bonds. The third-order valence-corrected chi connectivity index (χ3v) is 6.31. The number of nitro groups is 1. The smallest absolute Gasteiger partial charge is 0.294 e. The van der Waals surface area contributed by atoms with Gasteiger partial charge in [0.2, 0.25) is 5.95 Å². The highest BCUT2D eigenvalue weighted by Gasteiger charge is 2.25. The van der Waals surface area contributed by atoms with Gasteiger partial charge in [-0.25, -0.2) is 9.67 Å². The molecule has 5 rings (SSSR count). The standard InChI is InChI=1S/C27H30N8O4/c1-32(2)18-22-20(19-7-5-4-6-8-19)17-34(31-22)26-9-10-28-27(30-26)29-21-15-24(35(36)37)23(16-25(21)38-3)33-11-13-39-14-12-33/h4-10,15-17H,11-14,18H2,1-3H3,(H,28,29,30). The summed E-state index contributed by atoms with van der Waals surface area (Å²) in [6, 6.07) is 15.0. The topological polar surface area (TPSA) is 124 Å². The maximum Gasteiger partial charge on any atom is 0.294 e. The van der Waals surface area contributed by atoms with Crippen LogP contribution in [0, 0.1) is 10.1 Å². The Balaban J connectivity index is 1.48. The van der Waals surface area contributed by atoms with Gasteiger partial charge in [0, 0.05) is 55.8 Å². The van der Waals surface area contributed by atoms with Crippen molar-refractivity contribution in [3.8, 4) is 22.7 Å². The van der Waals surface area contributed by atoms with E-state index in [1.54, 1.807) is 23.0 Å². The van der Waals surface area contributed by atoms with E-state index in [-0.39, 0.29) is 11.6 Å². The van der Waals surface area contributed by atoms with Crippen LogP contribution in [0.1, 0.15) is 5.69 Å². The first-order valence-corrected chi connectivity index (χ1v) is 12.5. The van der Waals surface area contributed by atoms with E-state index in [1.807, 2.05) is 55.5 Å². The molecule has 12 heteroatoms. The van der Waals surface area contributed by atoms with Gasteiger partial charge in [0.1, 0.15) is 11.4 Å². The molecule has 1 fully saturated rings. The molecule has 202 valence electrons. The number of morpholine rings is 1. The monoisotopic (exact) mass is 530 g/mol. The molecule has 2 aromatic heterocycles. The van der Waals surface area contributed by atoms with Gasteiger partial charge in [-0.1, -0.05) is 30.3 Å². The Kier molecular flexibility index (Phi) is 7.66. The van der Waals surface area contributed by atoms with Crippen LogP contribution in [0.2, 0.25) is 0 Å². The Morgan fingerprint density at radius 2 is 1.92 bits per heavy atom. The fourth-order valence-corrected chi connectivity index (χ4v) is 4.49. The lowest BCUT2D eigenvalue weighted by Gasteiger charge is -2.29. The van der Waals surface area contributed by atoms with Gasteiger partial charge in [-0.05, 0) is 19.7 Å². The molecule has 1 aliphatic rings. The number of anilines is 3. The van der Waals surface area contributed by atoms with Gasteiger partial charge >= 0.3 is 0 Å². The summed E-state index contributed by atoms with van der Waals surface area (Å²) >= 11 is 0. The molecule has 39 heavy (non-hydrogen) atoms. The highest BCUT2D eigenvalue weighted by atomic mass is 16.6. The third kappa shape index (κ3) is 5.81. The number of nitro benzene ring substituents is 1. The van der Waals surface area contributed by atoms with E-state index >= 15 is 0 Å². The van der Waals surface area contributed by atoms with E-state index in [1.165, 1.54) is 13.2 Å². The van der Waals surface area contributed by atoms with Gasteiger partial charge in [0.25, 0.3) is 5.69 Å². The summed E-state index contributed by atoms with van der Waals surface area (Å²) < 4.78 is 12.7. The molecule has 0 bridgehead atoms. The summed E-state index contributed by atoms with van der Waals surface area (Å²) in [6.45, 7) is 2.80. The van der Waals surface area contributed by atoms with Crippen molar-refractivity contribution in [3.63, 3.8) is 0 Å². The molecule has 1 saturated heterocycles. The third-order valence-electron chi connectivity index (χ3n) is 6.31. The van der Waals surface area contributed by atoms with Crippen LogP contribution in [0.15, 0.2) is 60.9 Å². The van der Waals surface area contributed by atoms with Gasteiger partial charge in [0.05, 0.1) is 36.6 Å². The van der Waals surface area contributed by atoms with Crippen molar-refractivity contribution in [2.24, 2.45) is 0 Å². The van der Waals surface area contributed by atoms with Crippen LogP contribution < -0.4 is 15.0 Å². The van der Waals surface area contributed by atoms with E-state index in [2.05, 4.69) is 20.2 Å². The van der Waals surface area contributed by atoms with Gasteiger partial charge in [0.15, 0.2) is 5.82 Å². The lowest BCUT2D eigenvalue weighted by atomic mass is 10.1. The highest BCUT2D eigenvalue weighted by molar-refractivity contribution is 5.77. The minimum absolute atomic E-state index is 0.0377. The first kappa shape index (κ1) is 26.1. The minimum atomic E-state index is -0.395. The fraction of sp³-hybridized carbons (Fsp3) is 0.296. The van der Waals surface area contributed by atoms with Crippen LogP contribution in [0.25, 0.3) is 16.9 Å². The molecule has 4 aromatic rings. The molecule has 0 aliphatic carbocycles. The first-order valence-electron chi connectivity index (χ1n) is 12.5. The van der Waals surface area contributed by atoms with Crippen LogP contribution in [-0.4, -0.2) is 77.1 Å². The van der Waals surface area contributed by atoms with Gasteiger partial charge in [-0.15, -0.1) is 0 Å². The van der Waals surface area contributed by atoms with E-state index in [0.717, 1.165) is 16.8 Å². The molecule has 0 radical (unpaired) electrons. The summed E-state index contributed by atoms with van der Waals surface area (Å²) in [4.78, 5) is 24.5. The Hall–Kier alpha value is -4.55. The van der Waals surface area contributed by atoms with Crippen LogP contribution in [-0.2, 0) is 11.3 Å².